The van der Waals surface area contributed by atoms with Crippen molar-refractivity contribution in [2.24, 2.45) is 5.73 Å². The maximum Gasteiger partial charge on any atom is 0.160 e. The van der Waals surface area contributed by atoms with Gasteiger partial charge in [-0.25, -0.2) is 9.97 Å². The van der Waals surface area contributed by atoms with Crippen molar-refractivity contribution in [3.05, 3.63) is 23.1 Å². The molecule has 0 aliphatic rings. The molecule has 0 bridgehead atoms. The Morgan fingerprint density at radius 2 is 2.18 bits per heavy atom. The maximum atomic E-state index is 6.07. The van der Waals surface area contributed by atoms with Crippen LogP contribution in [-0.4, -0.2) is 20.1 Å². The molecule has 92 valence electrons. The molecule has 0 fully saturated rings. The molecule has 2 heterocycles. The van der Waals surface area contributed by atoms with E-state index in [9.17, 15) is 0 Å². The first kappa shape index (κ1) is 12.3. The van der Waals surface area contributed by atoms with E-state index in [0.29, 0.717) is 11.6 Å². The minimum Gasteiger partial charge on any atom is -0.324 e. The van der Waals surface area contributed by atoms with E-state index in [1.54, 1.807) is 6.20 Å². The summed E-state index contributed by atoms with van der Waals surface area (Å²) in [7, 11) is 0. The van der Waals surface area contributed by atoms with Gasteiger partial charge in [-0.3, -0.25) is 0 Å². The minimum absolute atomic E-state index is 0.293. The van der Waals surface area contributed by atoms with E-state index in [-0.39, 0.29) is 5.54 Å². The number of hydrogen-bond donors (Lipinski definition) is 1. The summed E-state index contributed by atoms with van der Waals surface area (Å²) in [6, 6.07) is 1.84. The van der Waals surface area contributed by atoms with Gasteiger partial charge in [-0.05, 0) is 19.9 Å². The lowest BCUT2D eigenvalue weighted by Crippen LogP contribution is -2.37. The first-order valence-corrected chi connectivity index (χ1v) is 6.08. The van der Waals surface area contributed by atoms with Crippen LogP contribution in [0.15, 0.2) is 12.3 Å². The summed E-state index contributed by atoms with van der Waals surface area (Å²) >= 11 is 5.92. The Labute approximate surface area is 106 Å². The number of aryl methyl sites for hydroxylation is 1. The Morgan fingerprint density at radius 1 is 1.47 bits per heavy atom. The highest BCUT2D eigenvalue weighted by Gasteiger charge is 2.17. The van der Waals surface area contributed by atoms with Crippen molar-refractivity contribution in [3.63, 3.8) is 0 Å². The summed E-state index contributed by atoms with van der Waals surface area (Å²) < 4.78 is 2.08. The van der Waals surface area contributed by atoms with Crippen LogP contribution in [0.4, 0.5) is 0 Å². The predicted octanol–water partition coefficient (Wildman–Crippen LogP) is 2.38. The van der Waals surface area contributed by atoms with Crippen molar-refractivity contribution in [2.45, 2.75) is 39.3 Å². The van der Waals surface area contributed by atoms with Gasteiger partial charge in [-0.15, -0.1) is 0 Å². The molecule has 2 N–H and O–H groups in total. The molecule has 2 rings (SSSR count). The Hall–Kier alpha value is -1.13. The van der Waals surface area contributed by atoms with Crippen LogP contribution >= 0.6 is 11.6 Å². The van der Waals surface area contributed by atoms with Gasteiger partial charge in [0.2, 0.25) is 0 Å². The van der Waals surface area contributed by atoms with Crippen molar-refractivity contribution in [3.8, 4) is 0 Å². The molecule has 0 saturated heterocycles. The van der Waals surface area contributed by atoms with E-state index in [1.165, 1.54) is 0 Å². The van der Waals surface area contributed by atoms with E-state index in [2.05, 4.69) is 21.5 Å². The highest BCUT2D eigenvalue weighted by Crippen LogP contribution is 2.20. The molecule has 2 aromatic rings. The average Bonchev–Trinajstić information content (AvgIpc) is 2.53. The second-order valence-electron chi connectivity index (χ2n) is 4.95. The Morgan fingerprint density at radius 3 is 2.76 bits per heavy atom. The molecule has 0 radical (unpaired) electrons. The number of imidazole rings is 1. The molecule has 2 aromatic heterocycles. The summed E-state index contributed by atoms with van der Waals surface area (Å²) in [5, 5.41) is 0.608. The van der Waals surface area contributed by atoms with Crippen LogP contribution in [0.2, 0.25) is 5.02 Å². The molecule has 0 aromatic carbocycles. The average molecular weight is 253 g/mol. The van der Waals surface area contributed by atoms with Crippen molar-refractivity contribution < 1.29 is 0 Å². The van der Waals surface area contributed by atoms with Crippen molar-refractivity contribution in [1.29, 1.82) is 0 Å². The Kier molecular flexibility index (Phi) is 3.10. The van der Waals surface area contributed by atoms with Gasteiger partial charge in [0.1, 0.15) is 11.3 Å². The van der Waals surface area contributed by atoms with Crippen LogP contribution in [0, 0.1) is 0 Å². The van der Waals surface area contributed by atoms with Gasteiger partial charge in [0, 0.05) is 24.7 Å². The molecule has 0 aliphatic carbocycles. The normalized spacial score (nSPS) is 12.3. The Balaban J connectivity index is 2.58. The number of pyridine rings is 1. The molecule has 0 amide bonds. The largest absolute Gasteiger partial charge is 0.324 e. The van der Waals surface area contributed by atoms with Crippen LogP contribution in [0.5, 0.6) is 0 Å². The molecule has 0 aliphatic heterocycles. The number of nitrogens with two attached hydrogens (primary N) is 1. The first-order chi connectivity index (χ1) is 7.90. The van der Waals surface area contributed by atoms with Crippen LogP contribution in [0.25, 0.3) is 11.2 Å². The summed E-state index contributed by atoms with van der Waals surface area (Å²) in [4.78, 5) is 8.88. The van der Waals surface area contributed by atoms with Gasteiger partial charge in [0.05, 0.1) is 5.02 Å². The fourth-order valence-corrected chi connectivity index (χ4v) is 2.03. The van der Waals surface area contributed by atoms with E-state index < -0.39 is 0 Å². The summed E-state index contributed by atoms with van der Waals surface area (Å²) in [5.41, 5.74) is 7.46. The smallest absolute Gasteiger partial charge is 0.160 e. The highest BCUT2D eigenvalue weighted by atomic mass is 35.5. The zero-order chi connectivity index (χ0) is 12.6. The predicted molar refractivity (Wildman–Crippen MR) is 70.2 cm³/mol. The van der Waals surface area contributed by atoms with Crippen LogP contribution in [0.3, 0.4) is 0 Å². The number of hydrogen-bond acceptors (Lipinski definition) is 3. The molecule has 4 nitrogen and oxygen atoms in total. The number of halogens is 1. The Bertz CT molecular complexity index is 539. The van der Waals surface area contributed by atoms with Crippen molar-refractivity contribution in [1.82, 2.24) is 14.5 Å². The number of aromatic nitrogens is 3. The minimum atomic E-state index is -0.293. The van der Waals surface area contributed by atoms with Gasteiger partial charge in [0.15, 0.2) is 5.65 Å². The monoisotopic (exact) mass is 252 g/mol. The quantitative estimate of drug-likeness (QED) is 0.913. The SMILES string of the molecule is CCc1nc2cc(Cl)cnc2n1CC(C)(C)N. The topological polar surface area (TPSA) is 56.7 Å². The fourth-order valence-electron chi connectivity index (χ4n) is 1.88. The van der Waals surface area contributed by atoms with Gasteiger partial charge >= 0.3 is 0 Å². The van der Waals surface area contributed by atoms with Crippen molar-refractivity contribution in [2.75, 3.05) is 0 Å². The highest BCUT2D eigenvalue weighted by molar-refractivity contribution is 6.31. The van der Waals surface area contributed by atoms with Crippen LogP contribution < -0.4 is 5.73 Å². The summed E-state index contributed by atoms with van der Waals surface area (Å²) in [6.07, 6.45) is 2.50. The first-order valence-electron chi connectivity index (χ1n) is 5.70. The van der Waals surface area contributed by atoms with Crippen LogP contribution in [0.1, 0.15) is 26.6 Å². The molecule has 0 unspecified atom stereocenters. The van der Waals surface area contributed by atoms with E-state index in [0.717, 1.165) is 23.4 Å². The fraction of sp³-hybridized carbons (Fsp3) is 0.500. The standard InChI is InChI=1S/C12H17ClN4/c1-4-10-16-9-5-8(13)6-15-11(9)17(10)7-12(2,3)14/h5-6H,4,7,14H2,1-3H3. The van der Waals surface area contributed by atoms with Crippen molar-refractivity contribution >= 4 is 22.8 Å². The molecule has 5 heteroatoms. The third-order valence-corrected chi connectivity index (χ3v) is 2.72. The summed E-state index contributed by atoms with van der Waals surface area (Å²) in [5.74, 6) is 0.994. The molecule has 0 saturated carbocycles. The van der Waals surface area contributed by atoms with Crippen LogP contribution in [-0.2, 0) is 13.0 Å². The van der Waals surface area contributed by atoms with Gasteiger partial charge in [0.25, 0.3) is 0 Å². The maximum absolute atomic E-state index is 6.07. The number of rotatable bonds is 3. The lowest BCUT2D eigenvalue weighted by molar-refractivity contribution is 0.431. The van der Waals surface area contributed by atoms with E-state index >= 15 is 0 Å². The number of nitrogens with zero attached hydrogens (tertiary/aromatic N) is 3. The van der Waals surface area contributed by atoms with Gasteiger partial charge in [-0.1, -0.05) is 18.5 Å². The third-order valence-electron chi connectivity index (χ3n) is 2.51. The van der Waals surface area contributed by atoms with Gasteiger partial charge in [-0.2, -0.15) is 0 Å². The molecule has 0 atom stereocenters. The second-order valence-corrected chi connectivity index (χ2v) is 5.39. The zero-order valence-electron chi connectivity index (χ0n) is 10.4. The van der Waals surface area contributed by atoms with E-state index in [1.807, 2.05) is 19.9 Å². The third kappa shape index (κ3) is 2.58. The lowest BCUT2D eigenvalue weighted by Gasteiger charge is -2.20. The number of fused-ring (bicyclic) bond motifs is 1. The lowest BCUT2D eigenvalue weighted by atomic mass is 10.1. The molecular formula is C12H17ClN4. The van der Waals surface area contributed by atoms with E-state index in [4.69, 9.17) is 17.3 Å². The van der Waals surface area contributed by atoms with Gasteiger partial charge < -0.3 is 10.3 Å². The molecule has 17 heavy (non-hydrogen) atoms. The summed E-state index contributed by atoms with van der Waals surface area (Å²) in [6.45, 7) is 6.76. The zero-order valence-corrected chi connectivity index (χ0v) is 11.1. The second kappa shape index (κ2) is 4.27. The molecule has 0 spiro atoms. The molecular weight excluding hydrogens is 236 g/mol.